The van der Waals surface area contributed by atoms with Crippen molar-refractivity contribution >= 4 is 27.5 Å². The number of hydrogen-bond donors (Lipinski definition) is 0. The largest absolute Gasteiger partial charge is 0.260 e. The molecule has 1 aliphatic carbocycles. The van der Waals surface area contributed by atoms with Crippen LogP contribution in [-0.2, 0) is 6.42 Å². The number of alkyl halides is 1. The Morgan fingerprint density at radius 2 is 2.45 bits per heavy atom. The third-order valence-electron chi connectivity index (χ3n) is 1.94. The van der Waals surface area contributed by atoms with Crippen LogP contribution in [0.5, 0.6) is 0 Å². The number of aromatic nitrogens is 1. The van der Waals surface area contributed by atoms with E-state index in [9.17, 15) is 0 Å². The van der Waals surface area contributed by atoms with Gasteiger partial charge in [0, 0.05) is 16.4 Å². The van der Waals surface area contributed by atoms with E-state index in [1.807, 2.05) is 6.20 Å². The van der Waals surface area contributed by atoms with E-state index in [-0.39, 0.29) is 5.38 Å². The third-order valence-corrected chi connectivity index (χ3v) is 2.83. The summed E-state index contributed by atoms with van der Waals surface area (Å²) in [7, 11) is 0. The molecule has 0 aliphatic heterocycles. The minimum atomic E-state index is 0.176. The summed E-state index contributed by atoms with van der Waals surface area (Å²) in [5, 5.41) is 0.176. The normalized spacial score (nSPS) is 21.8. The fraction of sp³-hybridized carbons (Fsp3) is 0.375. The maximum absolute atomic E-state index is 6.05. The Morgan fingerprint density at radius 1 is 1.64 bits per heavy atom. The molecule has 0 N–H and O–H groups in total. The number of aryl methyl sites for hydroxylation is 1. The van der Waals surface area contributed by atoms with E-state index in [2.05, 4.69) is 27.0 Å². The minimum absolute atomic E-state index is 0.176. The predicted octanol–water partition coefficient (Wildman–Crippen LogP) is 3.07. The lowest BCUT2D eigenvalue weighted by molar-refractivity contribution is 0.873. The van der Waals surface area contributed by atoms with Crippen LogP contribution in [0.1, 0.15) is 23.1 Å². The van der Waals surface area contributed by atoms with Gasteiger partial charge in [0.1, 0.15) is 0 Å². The summed E-state index contributed by atoms with van der Waals surface area (Å²) in [4.78, 5) is 4.28. The van der Waals surface area contributed by atoms with E-state index in [1.54, 1.807) is 0 Å². The highest BCUT2D eigenvalue weighted by molar-refractivity contribution is 9.10. The lowest BCUT2D eigenvalue weighted by Gasteiger charge is -2.00. The molecule has 0 saturated heterocycles. The molecular formula is C8H7BrClN. The first-order chi connectivity index (χ1) is 5.27. The summed E-state index contributed by atoms with van der Waals surface area (Å²) in [5.74, 6) is 0. The molecule has 1 aromatic heterocycles. The molecule has 0 bridgehead atoms. The molecule has 1 heterocycles. The van der Waals surface area contributed by atoms with Gasteiger partial charge in [0.15, 0.2) is 0 Å². The highest BCUT2D eigenvalue weighted by Crippen LogP contribution is 2.35. The number of rotatable bonds is 0. The van der Waals surface area contributed by atoms with Crippen molar-refractivity contribution < 1.29 is 0 Å². The molecule has 1 unspecified atom stereocenters. The van der Waals surface area contributed by atoms with Gasteiger partial charge in [0.05, 0.1) is 5.38 Å². The van der Waals surface area contributed by atoms with Crippen LogP contribution in [0.4, 0.5) is 0 Å². The lowest BCUT2D eigenvalue weighted by atomic mass is 10.2. The first-order valence-corrected chi connectivity index (χ1v) is 4.78. The molecule has 2 rings (SSSR count). The number of nitrogens with zero attached hydrogens (tertiary/aromatic N) is 1. The maximum atomic E-state index is 6.05. The van der Waals surface area contributed by atoms with Crippen molar-refractivity contribution in [1.82, 2.24) is 4.98 Å². The zero-order chi connectivity index (χ0) is 7.84. The second-order valence-corrected chi connectivity index (χ2v) is 4.14. The fourth-order valence-corrected chi connectivity index (χ4v) is 2.03. The van der Waals surface area contributed by atoms with Crippen molar-refractivity contribution in [1.29, 1.82) is 0 Å². The van der Waals surface area contributed by atoms with Crippen LogP contribution in [0.25, 0.3) is 0 Å². The van der Waals surface area contributed by atoms with Crippen LogP contribution in [0.15, 0.2) is 16.7 Å². The molecule has 1 aromatic rings. The van der Waals surface area contributed by atoms with Crippen LogP contribution in [0.3, 0.4) is 0 Å². The molecule has 0 fully saturated rings. The second kappa shape index (κ2) is 2.76. The van der Waals surface area contributed by atoms with E-state index >= 15 is 0 Å². The summed E-state index contributed by atoms with van der Waals surface area (Å²) in [5.41, 5.74) is 2.36. The van der Waals surface area contributed by atoms with Gasteiger partial charge in [-0.25, -0.2) is 0 Å². The summed E-state index contributed by atoms with van der Waals surface area (Å²) in [6.07, 6.45) is 3.88. The Hall–Kier alpha value is -0.0800. The van der Waals surface area contributed by atoms with Gasteiger partial charge < -0.3 is 0 Å². The molecule has 0 aromatic carbocycles. The van der Waals surface area contributed by atoms with Crippen molar-refractivity contribution in [2.45, 2.75) is 18.2 Å². The topological polar surface area (TPSA) is 12.9 Å². The van der Waals surface area contributed by atoms with E-state index in [0.29, 0.717) is 0 Å². The Labute approximate surface area is 78.9 Å². The number of fused-ring (bicyclic) bond motifs is 1. The van der Waals surface area contributed by atoms with Crippen molar-refractivity contribution in [3.63, 3.8) is 0 Å². The molecule has 0 spiro atoms. The summed E-state index contributed by atoms with van der Waals surface area (Å²) in [6.45, 7) is 0. The Balaban J connectivity index is 2.52. The van der Waals surface area contributed by atoms with Crippen molar-refractivity contribution in [2.75, 3.05) is 0 Å². The molecule has 58 valence electrons. The molecule has 3 heteroatoms. The summed E-state index contributed by atoms with van der Waals surface area (Å²) >= 11 is 9.43. The van der Waals surface area contributed by atoms with Crippen molar-refractivity contribution in [3.05, 3.63) is 28.0 Å². The smallest absolute Gasteiger partial charge is 0.0607 e. The van der Waals surface area contributed by atoms with Crippen molar-refractivity contribution in [3.8, 4) is 0 Å². The molecule has 1 aliphatic rings. The standard InChI is InChI=1S/C8H7BrClN/c9-5-3-6-7(10)1-2-8(6)11-4-5/h3-4,7H,1-2H2. The van der Waals surface area contributed by atoms with Crippen LogP contribution in [0.2, 0.25) is 0 Å². The molecule has 1 nitrogen and oxygen atoms in total. The molecule has 0 radical (unpaired) electrons. The van der Waals surface area contributed by atoms with E-state index in [1.165, 1.54) is 5.56 Å². The monoisotopic (exact) mass is 231 g/mol. The lowest BCUT2D eigenvalue weighted by Crippen LogP contribution is -1.87. The van der Waals surface area contributed by atoms with Gasteiger partial charge >= 0.3 is 0 Å². The van der Waals surface area contributed by atoms with E-state index in [0.717, 1.165) is 23.0 Å². The quantitative estimate of drug-likeness (QED) is 0.627. The Bertz CT molecular complexity index is 287. The SMILES string of the molecule is ClC1CCc2ncc(Br)cc21. The van der Waals surface area contributed by atoms with E-state index < -0.39 is 0 Å². The number of pyridine rings is 1. The second-order valence-electron chi connectivity index (χ2n) is 2.70. The number of halogens is 2. The van der Waals surface area contributed by atoms with Crippen LogP contribution < -0.4 is 0 Å². The maximum Gasteiger partial charge on any atom is 0.0607 e. The van der Waals surface area contributed by atoms with Gasteiger partial charge in [0.25, 0.3) is 0 Å². The van der Waals surface area contributed by atoms with Gasteiger partial charge in [-0.3, -0.25) is 4.98 Å². The molecule has 1 atom stereocenters. The zero-order valence-corrected chi connectivity index (χ0v) is 8.19. The first kappa shape index (κ1) is 7.56. The highest BCUT2D eigenvalue weighted by atomic mass is 79.9. The highest BCUT2D eigenvalue weighted by Gasteiger charge is 2.21. The molecule has 11 heavy (non-hydrogen) atoms. The fourth-order valence-electron chi connectivity index (χ4n) is 1.38. The summed E-state index contributed by atoms with van der Waals surface area (Å²) < 4.78 is 1.02. The molecule has 0 amide bonds. The number of hydrogen-bond acceptors (Lipinski definition) is 1. The zero-order valence-electron chi connectivity index (χ0n) is 5.85. The van der Waals surface area contributed by atoms with Crippen molar-refractivity contribution in [2.24, 2.45) is 0 Å². The molecular weight excluding hydrogens is 225 g/mol. The van der Waals surface area contributed by atoms with Gasteiger partial charge in [-0.2, -0.15) is 0 Å². The van der Waals surface area contributed by atoms with Crippen LogP contribution >= 0.6 is 27.5 Å². The third kappa shape index (κ3) is 1.30. The average molecular weight is 233 g/mol. The van der Waals surface area contributed by atoms with Gasteiger partial charge in [0.2, 0.25) is 0 Å². The molecule has 0 saturated carbocycles. The van der Waals surface area contributed by atoms with E-state index in [4.69, 9.17) is 11.6 Å². The Morgan fingerprint density at radius 3 is 3.27 bits per heavy atom. The van der Waals surface area contributed by atoms with Gasteiger partial charge in [-0.1, -0.05) is 0 Å². The minimum Gasteiger partial charge on any atom is -0.260 e. The van der Waals surface area contributed by atoms with Crippen LogP contribution in [-0.4, -0.2) is 4.98 Å². The van der Waals surface area contributed by atoms with Gasteiger partial charge in [-0.05, 0) is 40.4 Å². The van der Waals surface area contributed by atoms with Gasteiger partial charge in [-0.15, -0.1) is 11.6 Å². The average Bonchev–Trinajstić information content (AvgIpc) is 2.33. The van der Waals surface area contributed by atoms with Crippen LogP contribution in [0, 0.1) is 0 Å². The predicted molar refractivity (Wildman–Crippen MR) is 48.9 cm³/mol. The summed E-state index contributed by atoms with van der Waals surface area (Å²) in [6, 6.07) is 2.06. The first-order valence-electron chi connectivity index (χ1n) is 3.56. The Kier molecular flexibility index (Phi) is 1.90.